The molecule has 11 heavy (non-hydrogen) atoms. The Labute approximate surface area is 70.5 Å². The van der Waals surface area contributed by atoms with E-state index in [0.717, 1.165) is 18.7 Å². The van der Waals surface area contributed by atoms with E-state index in [1.165, 1.54) is 10.5 Å². The second-order valence-corrected chi connectivity index (χ2v) is 3.12. The van der Waals surface area contributed by atoms with Crippen molar-refractivity contribution >= 4 is 12.8 Å². The van der Waals surface area contributed by atoms with Crippen LogP contribution in [0.1, 0.15) is 24.6 Å². The SMILES string of the molecule is Sn1cc(C2CCCN2)nn1. The van der Waals surface area contributed by atoms with Gasteiger partial charge in [-0.1, -0.05) is 5.21 Å². The highest BCUT2D eigenvalue weighted by atomic mass is 32.1. The Morgan fingerprint density at radius 2 is 2.64 bits per heavy atom. The summed E-state index contributed by atoms with van der Waals surface area (Å²) in [6.45, 7) is 1.09. The summed E-state index contributed by atoms with van der Waals surface area (Å²) in [5, 5.41) is 11.1. The predicted molar refractivity (Wildman–Crippen MR) is 44.4 cm³/mol. The van der Waals surface area contributed by atoms with Gasteiger partial charge in [0.1, 0.15) is 5.69 Å². The standard InChI is InChI=1S/C6H10N4S/c11-10-4-6(8-9-10)5-2-1-3-7-5/h4-5,7,11H,1-3H2. The Kier molecular flexibility index (Phi) is 1.83. The van der Waals surface area contributed by atoms with Crippen molar-refractivity contribution in [2.24, 2.45) is 0 Å². The van der Waals surface area contributed by atoms with Crippen LogP contribution >= 0.6 is 12.8 Å². The van der Waals surface area contributed by atoms with E-state index in [1.54, 1.807) is 0 Å². The lowest BCUT2D eigenvalue weighted by atomic mass is 10.2. The molecular weight excluding hydrogens is 160 g/mol. The van der Waals surface area contributed by atoms with Gasteiger partial charge < -0.3 is 5.32 Å². The van der Waals surface area contributed by atoms with Crippen LogP contribution in [0.4, 0.5) is 0 Å². The Morgan fingerprint density at radius 1 is 1.73 bits per heavy atom. The zero-order valence-corrected chi connectivity index (χ0v) is 6.96. The van der Waals surface area contributed by atoms with Gasteiger partial charge in [0.15, 0.2) is 0 Å². The van der Waals surface area contributed by atoms with Crippen molar-refractivity contribution in [1.29, 1.82) is 0 Å². The van der Waals surface area contributed by atoms with Crippen molar-refractivity contribution in [3.8, 4) is 0 Å². The fourth-order valence-electron chi connectivity index (χ4n) is 1.36. The van der Waals surface area contributed by atoms with Crippen LogP contribution in [0.3, 0.4) is 0 Å². The van der Waals surface area contributed by atoms with Gasteiger partial charge >= 0.3 is 0 Å². The number of aromatic nitrogens is 3. The van der Waals surface area contributed by atoms with Gasteiger partial charge in [0, 0.05) is 0 Å². The Balaban J connectivity index is 2.15. The minimum absolute atomic E-state index is 0.399. The van der Waals surface area contributed by atoms with Crippen LogP contribution in [0.25, 0.3) is 0 Å². The summed E-state index contributed by atoms with van der Waals surface area (Å²) in [6, 6.07) is 0.399. The van der Waals surface area contributed by atoms with Crippen LogP contribution in [-0.2, 0) is 0 Å². The monoisotopic (exact) mass is 170 g/mol. The largest absolute Gasteiger partial charge is 0.309 e. The van der Waals surface area contributed by atoms with E-state index in [2.05, 4.69) is 28.4 Å². The summed E-state index contributed by atoms with van der Waals surface area (Å²) in [5.74, 6) is 0. The van der Waals surface area contributed by atoms with E-state index in [-0.39, 0.29) is 0 Å². The molecule has 2 rings (SSSR count). The molecule has 1 aromatic heterocycles. The smallest absolute Gasteiger partial charge is 0.101 e. The fourth-order valence-corrected chi connectivity index (χ4v) is 1.52. The number of nitrogens with one attached hydrogen (secondary N) is 1. The van der Waals surface area contributed by atoms with Gasteiger partial charge in [-0.15, -0.1) is 5.10 Å². The Hall–Kier alpha value is -0.550. The molecule has 1 aliphatic rings. The van der Waals surface area contributed by atoms with E-state index in [4.69, 9.17) is 0 Å². The predicted octanol–water partition coefficient (Wildman–Crippen LogP) is 0.396. The second-order valence-electron chi connectivity index (χ2n) is 2.71. The quantitative estimate of drug-likeness (QED) is 0.599. The first-order chi connectivity index (χ1) is 5.36. The van der Waals surface area contributed by atoms with Gasteiger partial charge in [0.05, 0.1) is 12.2 Å². The molecule has 1 saturated heterocycles. The molecule has 0 saturated carbocycles. The zero-order chi connectivity index (χ0) is 7.68. The van der Waals surface area contributed by atoms with Crippen LogP contribution in [0.2, 0.25) is 0 Å². The van der Waals surface area contributed by atoms with Crippen molar-refractivity contribution in [3.05, 3.63) is 11.9 Å². The van der Waals surface area contributed by atoms with Crippen LogP contribution < -0.4 is 5.32 Å². The molecule has 1 aromatic rings. The molecule has 1 unspecified atom stereocenters. The molecule has 0 aromatic carbocycles. The van der Waals surface area contributed by atoms with Gasteiger partial charge in [0.2, 0.25) is 0 Å². The normalized spacial score (nSPS) is 24.3. The van der Waals surface area contributed by atoms with Crippen molar-refractivity contribution < 1.29 is 0 Å². The van der Waals surface area contributed by atoms with E-state index >= 15 is 0 Å². The second kappa shape index (κ2) is 2.83. The van der Waals surface area contributed by atoms with Crippen molar-refractivity contribution in [3.63, 3.8) is 0 Å². The summed E-state index contributed by atoms with van der Waals surface area (Å²) >= 11 is 4.01. The molecule has 1 atom stereocenters. The van der Waals surface area contributed by atoms with Crippen LogP contribution in [0.5, 0.6) is 0 Å². The average molecular weight is 170 g/mol. The summed E-state index contributed by atoms with van der Waals surface area (Å²) < 4.78 is 1.44. The fraction of sp³-hybridized carbons (Fsp3) is 0.667. The van der Waals surface area contributed by atoms with Gasteiger partial charge in [-0.3, -0.25) is 0 Å². The maximum Gasteiger partial charge on any atom is 0.101 e. The zero-order valence-electron chi connectivity index (χ0n) is 6.06. The third-order valence-electron chi connectivity index (χ3n) is 1.92. The molecule has 0 radical (unpaired) electrons. The topological polar surface area (TPSA) is 42.7 Å². The first kappa shape index (κ1) is 7.12. The summed E-state index contributed by atoms with van der Waals surface area (Å²) in [6.07, 6.45) is 4.22. The van der Waals surface area contributed by atoms with E-state index in [1.807, 2.05) is 6.20 Å². The maximum absolute atomic E-state index is 4.01. The first-order valence-electron chi connectivity index (χ1n) is 3.71. The number of hydrogen-bond donors (Lipinski definition) is 2. The summed E-state index contributed by atoms with van der Waals surface area (Å²) in [4.78, 5) is 0. The Morgan fingerprint density at radius 3 is 3.18 bits per heavy atom. The number of thiol groups is 1. The van der Waals surface area contributed by atoms with Gasteiger partial charge in [0.25, 0.3) is 0 Å². The molecule has 4 nitrogen and oxygen atoms in total. The molecule has 60 valence electrons. The van der Waals surface area contributed by atoms with E-state index in [9.17, 15) is 0 Å². The molecule has 1 aliphatic heterocycles. The minimum atomic E-state index is 0.399. The van der Waals surface area contributed by atoms with Crippen LogP contribution in [0.15, 0.2) is 6.20 Å². The van der Waals surface area contributed by atoms with E-state index < -0.39 is 0 Å². The molecule has 5 heteroatoms. The first-order valence-corrected chi connectivity index (χ1v) is 4.11. The molecule has 0 amide bonds. The lowest BCUT2D eigenvalue weighted by molar-refractivity contribution is 0.625. The average Bonchev–Trinajstić information content (AvgIpc) is 2.55. The summed E-state index contributed by atoms with van der Waals surface area (Å²) in [5.41, 5.74) is 0.998. The molecular formula is C6H10N4S. The third kappa shape index (κ3) is 1.39. The highest BCUT2D eigenvalue weighted by molar-refractivity contribution is 7.78. The van der Waals surface area contributed by atoms with Gasteiger partial charge in [-0.05, 0) is 32.2 Å². The lowest BCUT2D eigenvalue weighted by Gasteiger charge is -2.02. The third-order valence-corrected chi connectivity index (χ3v) is 2.11. The number of nitrogens with zero attached hydrogens (tertiary/aromatic N) is 3. The van der Waals surface area contributed by atoms with Crippen molar-refractivity contribution in [2.45, 2.75) is 18.9 Å². The molecule has 0 spiro atoms. The lowest BCUT2D eigenvalue weighted by Crippen LogP contribution is -2.12. The Bertz CT molecular complexity index is 240. The molecule has 1 fully saturated rings. The van der Waals surface area contributed by atoms with Gasteiger partial charge in [-0.2, -0.15) is 4.09 Å². The molecule has 0 aliphatic carbocycles. The highest BCUT2D eigenvalue weighted by Crippen LogP contribution is 2.20. The summed E-state index contributed by atoms with van der Waals surface area (Å²) in [7, 11) is 0. The number of hydrogen-bond acceptors (Lipinski definition) is 4. The number of rotatable bonds is 1. The van der Waals surface area contributed by atoms with Gasteiger partial charge in [-0.25, -0.2) is 0 Å². The molecule has 2 heterocycles. The molecule has 0 bridgehead atoms. The van der Waals surface area contributed by atoms with Crippen LogP contribution in [0, 0.1) is 0 Å². The maximum atomic E-state index is 4.01. The minimum Gasteiger partial charge on any atom is -0.309 e. The van der Waals surface area contributed by atoms with E-state index in [0.29, 0.717) is 6.04 Å². The molecule has 1 N–H and O–H groups in total. The highest BCUT2D eigenvalue weighted by Gasteiger charge is 2.18. The van der Waals surface area contributed by atoms with Crippen molar-refractivity contribution in [2.75, 3.05) is 6.54 Å². The van der Waals surface area contributed by atoms with Crippen molar-refractivity contribution in [1.82, 2.24) is 19.7 Å². The van der Waals surface area contributed by atoms with Crippen LogP contribution in [-0.4, -0.2) is 20.9 Å².